The van der Waals surface area contributed by atoms with Crippen molar-refractivity contribution >= 4 is 23.2 Å². The van der Waals surface area contributed by atoms with Crippen molar-refractivity contribution in [1.82, 2.24) is 15.8 Å². The molecule has 180 valence electrons. The van der Waals surface area contributed by atoms with Crippen LogP contribution in [0.5, 0.6) is 0 Å². The zero-order valence-electron chi connectivity index (χ0n) is 18.6. The molecule has 0 bridgehead atoms. The minimum Gasteiger partial charge on any atom is -0.372 e. The molecule has 2 saturated heterocycles. The first-order valence-electron chi connectivity index (χ1n) is 12.1. The van der Waals surface area contributed by atoms with Crippen LogP contribution in [0.2, 0.25) is 0 Å². The molecule has 0 radical (unpaired) electrons. The van der Waals surface area contributed by atoms with Gasteiger partial charge in [0.2, 0.25) is 0 Å². The molecule has 0 spiro atoms. The molecular formula is C22H40Cl2FN5O. The highest BCUT2D eigenvalue weighted by molar-refractivity contribution is 6.24. The highest BCUT2D eigenvalue weighted by atomic mass is 35.5. The van der Waals surface area contributed by atoms with Gasteiger partial charge in [0.25, 0.3) is 0 Å². The number of hydrogen-bond acceptors (Lipinski definition) is 6. The van der Waals surface area contributed by atoms with Crippen LogP contribution < -0.4 is 22.2 Å². The van der Waals surface area contributed by atoms with Gasteiger partial charge in [-0.3, -0.25) is 5.43 Å². The van der Waals surface area contributed by atoms with E-state index in [1.165, 1.54) is 12.8 Å². The quantitative estimate of drug-likeness (QED) is 0.357. The third-order valence-electron chi connectivity index (χ3n) is 8.24. The molecule has 2 aliphatic carbocycles. The van der Waals surface area contributed by atoms with Crippen LogP contribution in [0.3, 0.4) is 0 Å². The van der Waals surface area contributed by atoms with Crippen molar-refractivity contribution in [2.24, 2.45) is 29.2 Å². The SMILES string of the molecule is C[C@@H](O[C@@H]1CC(C2CNN(C3CCNCC3)C2)CCC1(N)N)C1C(Cl)[C@H](F)CC[C@@H]1Cl. The Bertz CT molecular complexity index is 596. The van der Waals surface area contributed by atoms with E-state index in [0.29, 0.717) is 30.7 Å². The number of halogens is 3. The second-order valence-electron chi connectivity index (χ2n) is 10.4. The molecule has 4 fully saturated rings. The van der Waals surface area contributed by atoms with E-state index in [2.05, 4.69) is 15.8 Å². The summed E-state index contributed by atoms with van der Waals surface area (Å²) in [5.74, 6) is 0.834. The molecule has 4 aliphatic rings. The Kier molecular flexibility index (Phi) is 8.08. The summed E-state index contributed by atoms with van der Waals surface area (Å²) in [5.41, 5.74) is 15.7. The van der Waals surface area contributed by atoms with Crippen LogP contribution in [0.25, 0.3) is 0 Å². The number of hydrazine groups is 1. The molecule has 4 rings (SSSR count). The van der Waals surface area contributed by atoms with Gasteiger partial charge in [0.05, 0.1) is 23.2 Å². The Morgan fingerprint density at radius 3 is 2.58 bits per heavy atom. The van der Waals surface area contributed by atoms with Gasteiger partial charge in [-0.25, -0.2) is 9.40 Å². The van der Waals surface area contributed by atoms with Crippen LogP contribution in [-0.2, 0) is 4.74 Å². The van der Waals surface area contributed by atoms with E-state index in [4.69, 9.17) is 39.4 Å². The first kappa shape index (κ1) is 24.4. The van der Waals surface area contributed by atoms with Crippen LogP contribution in [0, 0.1) is 17.8 Å². The summed E-state index contributed by atoms with van der Waals surface area (Å²) in [6.07, 6.45) is 4.38. The summed E-state index contributed by atoms with van der Waals surface area (Å²) in [5, 5.41) is 5.08. The highest BCUT2D eigenvalue weighted by Crippen LogP contribution is 2.41. The van der Waals surface area contributed by atoms with Gasteiger partial charge >= 0.3 is 0 Å². The number of rotatable bonds is 5. The fraction of sp³-hybridized carbons (Fsp3) is 1.00. The predicted octanol–water partition coefficient (Wildman–Crippen LogP) is 2.33. The lowest BCUT2D eigenvalue weighted by Crippen LogP contribution is -2.64. The van der Waals surface area contributed by atoms with Crippen molar-refractivity contribution in [2.75, 3.05) is 26.2 Å². The summed E-state index contributed by atoms with van der Waals surface area (Å²) in [7, 11) is 0. The number of hydrogen-bond donors (Lipinski definition) is 4. The Hall–Kier alpha value is 0.270. The standard InChI is InChI=1S/C22H40Cl2FN5O/c1-13(20-17(23)2-3-18(25)21(20)24)31-19-10-14(4-7-22(19,26)27)15-11-29-30(12-15)16-5-8-28-9-6-16/h13-21,28-29H,2-12,26-27H2,1H3/t13-,14?,15?,17+,18-,19-,20?,21?/m1/s1. The van der Waals surface area contributed by atoms with E-state index in [-0.39, 0.29) is 23.5 Å². The lowest BCUT2D eigenvalue weighted by molar-refractivity contribution is -0.103. The number of nitrogens with zero attached hydrogens (tertiary/aromatic N) is 1. The van der Waals surface area contributed by atoms with E-state index >= 15 is 0 Å². The maximum absolute atomic E-state index is 14.2. The predicted molar refractivity (Wildman–Crippen MR) is 124 cm³/mol. The van der Waals surface area contributed by atoms with Gasteiger partial charge in [0, 0.05) is 30.4 Å². The van der Waals surface area contributed by atoms with Crippen molar-refractivity contribution < 1.29 is 9.13 Å². The smallest absolute Gasteiger partial charge is 0.117 e. The molecule has 0 aromatic heterocycles. The van der Waals surface area contributed by atoms with Gasteiger partial charge in [0.15, 0.2) is 0 Å². The zero-order chi connectivity index (χ0) is 22.2. The van der Waals surface area contributed by atoms with Crippen molar-refractivity contribution in [1.29, 1.82) is 0 Å². The number of ether oxygens (including phenoxy) is 1. The third kappa shape index (κ3) is 5.51. The van der Waals surface area contributed by atoms with Gasteiger partial charge in [-0.2, -0.15) is 0 Å². The average Bonchev–Trinajstić information content (AvgIpc) is 3.23. The fourth-order valence-electron chi connectivity index (χ4n) is 6.16. The van der Waals surface area contributed by atoms with Crippen LogP contribution in [0.4, 0.5) is 4.39 Å². The van der Waals surface area contributed by atoms with Crippen molar-refractivity contribution in [3.05, 3.63) is 0 Å². The number of nitrogens with one attached hydrogen (secondary N) is 2. The zero-order valence-corrected chi connectivity index (χ0v) is 20.1. The minimum atomic E-state index is -1.04. The summed E-state index contributed by atoms with van der Waals surface area (Å²) >= 11 is 13.0. The lowest BCUT2D eigenvalue weighted by Gasteiger charge is -2.46. The molecule has 4 unspecified atom stereocenters. The highest BCUT2D eigenvalue weighted by Gasteiger charge is 2.47. The Morgan fingerprint density at radius 2 is 1.84 bits per heavy atom. The first-order chi connectivity index (χ1) is 14.8. The van der Waals surface area contributed by atoms with Crippen LogP contribution in [0.1, 0.15) is 51.9 Å². The van der Waals surface area contributed by atoms with Crippen LogP contribution in [-0.4, -0.2) is 72.0 Å². The van der Waals surface area contributed by atoms with Gasteiger partial charge in [-0.05, 0) is 76.8 Å². The van der Waals surface area contributed by atoms with E-state index in [9.17, 15) is 4.39 Å². The molecule has 0 amide bonds. The van der Waals surface area contributed by atoms with E-state index in [1.807, 2.05) is 6.92 Å². The molecule has 6 N–H and O–H groups in total. The maximum atomic E-state index is 14.2. The van der Waals surface area contributed by atoms with Gasteiger partial charge in [-0.15, -0.1) is 23.2 Å². The molecule has 8 atom stereocenters. The summed E-state index contributed by atoms with van der Waals surface area (Å²) < 4.78 is 20.7. The normalized spacial score (nSPS) is 43.7. The van der Waals surface area contributed by atoms with Crippen LogP contribution >= 0.6 is 23.2 Å². The largest absolute Gasteiger partial charge is 0.372 e. The molecule has 0 aromatic carbocycles. The van der Waals surface area contributed by atoms with E-state index < -0.39 is 17.2 Å². The molecule has 2 heterocycles. The summed E-state index contributed by atoms with van der Waals surface area (Å²) in [6.45, 7) is 6.20. The Morgan fingerprint density at radius 1 is 1.10 bits per heavy atom. The van der Waals surface area contributed by atoms with Crippen molar-refractivity contribution in [2.45, 2.75) is 92.7 Å². The Labute approximate surface area is 196 Å². The number of piperidine rings is 1. The number of alkyl halides is 3. The average molecular weight is 481 g/mol. The third-order valence-corrected chi connectivity index (χ3v) is 9.31. The van der Waals surface area contributed by atoms with Crippen molar-refractivity contribution in [3.8, 4) is 0 Å². The molecule has 2 aliphatic heterocycles. The Balaban J connectivity index is 1.36. The molecular weight excluding hydrogens is 440 g/mol. The fourth-order valence-corrected chi connectivity index (χ4v) is 7.23. The number of nitrogens with two attached hydrogens (primary N) is 2. The molecule has 6 nitrogen and oxygen atoms in total. The summed E-state index contributed by atoms with van der Waals surface area (Å²) in [6, 6.07) is 0.617. The van der Waals surface area contributed by atoms with E-state index in [0.717, 1.165) is 45.4 Å². The molecule has 9 heteroatoms. The van der Waals surface area contributed by atoms with Gasteiger partial charge in [-0.1, -0.05) is 0 Å². The summed E-state index contributed by atoms with van der Waals surface area (Å²) in [4.78, 5) is 0. The minimum absolute atomic E-state index is 0.189. The molecule has 2 saturated carbocycles. The molecule has 31 heavy (non-hydrogen) atoms. The second-order valence-corrected chi connectivity index (χ2v) is 11.4. The molecule has 0 aromatic rings. The lowest BCUT2D eigenvalue weighted by atomic mass is 9.74. The van der Waals surface area contributed by atoms with Crippen molar-refractivity contribution in [3.63, 3.8) is 0 Å². The maximum Gasteiger partial charge on any atom is 0.117 e. The van der Waals surface area contributed by atoms with Gasteiger partial charge < -0.3 is 21.5 Å². The first-order valence-corrected chi connectivity index (χ1v) is 13.0. The van der Waals surface area contributed by atoms with Gasteiger partial charge in [0.1, 0.15) is 6.17 Å². The topological polar surface area (TPSA) is 88.6 Å². The van der Waals surface area contributed by atoms with Crippen LogP contribution in [0.15, 0.2) is 0 Å². The van der Waals surface area contributed by atoms with E-state index in [1.54, 1.807) is 0 Å². The second kappa shape index (κ2) is 10.3. The monoisotopic (exact) mass is 479 g/mol.